The smallest absolute Gasteiger partial charge is 0.387 e. The summed E-state index contributed by atoms with van der Waals surface area (Å²) in [7, 11) is 2.70. The van der Waals surface area contributed by atoms with E-state index in [9.17, 15) is 0 Å². The third-order valence-corrected chi connectivity index (χ3v) is 0.320. The quantitative estimate of drug-likeness (QED) is 0.267. The highest BCUT2D eigenvalue weighted by molar-refractivity contribution is 5.98. The molecule has 0 atom stereocenters. The summed E-state index contributed by atoms with van der Waals surface area (Å²) in [6.45, 7) is 3.69. The molecule has 0 saturated carbocycles. The summed E-state index contributed by atoms with van der Waals surface area (Å²) in [5, 5.41) is 3.46. The van der Waals surface area contributed by atoms with E-state index < -0.39 is 0 Å². The van der Waals surface area contributed by atoms with Gasteiger partial charge in [-0.05, 0) is 13.8 Å². The van der Waals surface area contributed by atoms with Crippen LogP contribution in [0.3, 0.4) is 0 Å². The molecule has 0 N–H and O–H groups in total. The van der Waals surface area contributed by atoms with Crippen LogP contribution >= 0.6 is 0 Å². The topological polar surface area (TPSA) is 21.6 Å². The summed E-state index contributed by atoms with van der Waals surface area (Å²) in [6.07, 6.45) is 0. The first-order valence-electron chi connectivity index (χ1n) is 1.61. The minimum atomic E-state index is 0.894. The van der Waals surface area contributed by atoms with Gasteiger partial charge in [-0.2, -0.15) is 0 Å². The van der Waals surface area contributed by atoms with Crippen LogP contribution in [-0.2, 0) is 4.53 Å². The zero-order chi connectivity index (χ0) is 4.99. The van der Waals surface area contributed by atoms with Crippen molar-refractivity contribution in [3.05, 3.63) is 0 Å². The van der Waals surface area contributed by atoms with Gasteiger partial charge >= 0.3 is 10.5 Å². The lowest BCUT2D eigenvalue weighted by Gasteiger charge is -1.83. The molecule has 0 aromatic carbocycles. The van der Waals surface area contributed by atoms with Gasteiger partial charge in [0.25, 0.3) is 0 Å². The molecule has 0 aliphatic heterocycles. The average molecular weight is 100 g/mol. The molecule has 0 rings (SSSR count). The van der Waals surface area contributed by atoms with Gasteiger partial charge in [0.15, 0.2) is 0 Å². The first kappa shape index (κ1) is 5.69. The second-order valence-corrected chi connectivity index (χ2v) is 1.31. The summed E-state index contributed by atoms with van der Waals surface area (Å²) in [4.78, 5) is 0. The van der Waals surface area contributed by atoms with Gasteiger partial charge in [-0.3, -0.25) is 0 Å². The number of rotatable bonds is 1. The monoisotopic (exact) mass is 100 g/mol. The van der Waals surface area contributed by atoms with Crippen LogP contribution in [0.15, 0.2) is 5.16 Å². The zero-order valence-corrected chi connectivity index (χ0v) is 4.86. The van der Waals surface area contributed by atoms with E-state index in [1.165, 1.54) is 0 Å². The van der Waals surface area contributed by atoms with Gasteiger partial charge in [0.1, 0.15) is 0 Å². The molecule has 3 heteroatoms. The Morgan fingerprint density at radius 2 is 2.17 bits per heavy atom. The van der Waals surface area contributed by atoms with Crippen LogP contribution in [0.2, 0.25) is 0 Å². The Morgan fingerprint density at radius 1 is 1.67 bits per heavy atom. The van der Waals surface area contributed by atoms with E-state index in [2.05, 4.69) is 20.2 Å². The summed E-state index contributed by atoms with van der Waals surface area (Å²) < 4.78 is 4.20. The highest BCUT2D eigenvalue weighted by atomic mass is 28.2. The minimum Gasteiger partial charge on any atom is -0.454 e. The van der Waals surface area contributed by atoms with Gasteiger partial charge in [0, 0.05) is 5.71 Å². The van der Waals surface area contributed by atoms with Gasteiger partial charge < -0.3 is 4.53 Å². The van der Waals surface area contributed by atoms with Crippen LogP contribution < -0.4 is 0 Å². The van der Waals surface area contributed by atoms with Gasteiger partial charge in [-0.1, -0.05) is 0 Å². The van der Waals surface area contributed by atoms with Crippen LogP contribution in [0.1, 0.15) is 13.8 Å². The molecule has 0 fully saturated rings. The fourth-order valence-corrected chi connectivity index (χ4v) is 0.274. The maximum Gasteiger partial charge on any atom is 0.387 e. The fourth-order valence-electron chi connectivity index (χ4n) is 0.0913. The molecular weight excluding hydrogens is 94.1 g/mol. The number of nitrogens with zero attached hydrogens (tertiary/aromatic N) is 1. The summed E-state index contributed by atoms with van der Waals surface area (Å²) >= 11 is 0. The van der Waals surface area contributed by atoms with Crippen molar-refractivity contribution in [3.8, 4) is 0 Å². The van der Waals surface area contributed by atoms with Crippen molar-refractivity contribution in [2.24, 2.45) is 5.16 Å². The third kappa shape index (κ3) is 3.69. The van der Waals surface area contributed by atoms with Gasteiger partial charge in [-0.15, -0.1) is 5.16 Å². The molecule has 0 aliphatic rings. The van der Waals surface area contributed by atoms with E-state index in [0.717, 1.165) is 5.71 Å². The van der Waals surface area contributed by atoms with Crippen molar-refractivity contribution in [3.63, 3.8) is 0 Å². The van der Waals surface area contributed by atoms with Gasteiger partial charge in [-0.25, -0.2) is 0 Å². The van der Waals surface area contributed by atoms with E-state index >= 15 is 0 Å². The fraction of sp³-hybridized carbons (Fsp3) is 0.667. The molecule has 0 amide bonds. The Hall–Kier alpha value is -0.313. The molecule has 0 heterocycles. The first-order chi connectivity index (χ1) is 2.77. The molecule has 0 unspecified atom stereocenters. The predicted molar refractivity (Wildman–Crippen MR) is 25.6 cm³/mol. The normalized spacial score (nSPS) is 7.17. The predicted octanol–water partition coefficient (Wildman–Crippen LogP) is 0.482. The lowest BCUT2D eigenvalue weighted by molar-refractivity contribution is 0.377. The van der Waals surface area contributed by atoms with E-state index in [4.69, 9.17) is 0 Å². The average Bonchev–Trinajstić information content (AvgIpc) is 1.35. The Balaban J connectivity index is 3.14. The SMILES string of the molecule is CC(C)=NO[Si]. The van der Waals surface area contributed by atoms with Crippen molar-refractivity contribution in [2.45, 2.75) is 13.8 Å². The molecule has 0 bridgehead atoms. The lowest BCUT2D eigenvalue weighted by atomic mass is 10.5. The molecule has 6 heavy (non-hydrogen) atoms. The Labute approximate surface area is 40.7 Å². The standard InChI is InChI=1S/C3H6NOSi/c1-3(2)4-5-6/h1-2H3. The third-order valence-electron chi connectivity index (χ3n) is 0.228. The Morgan fingerprint density at radius 3 is 2.17 bits per heavy atom. The van der Waals surface area contributed by atoms with Crippen molar-refractivity contribution in [1.82, 2.24) is 0 Å². The first-order valence-corrected chi connectivity index (χ1v) is 2.02. The molecule has 0 saturated heterocycles. The molecule has 0 aromatic rings. The molecular formula is C3H6NOSi. The molecule has 0 aliphatic carbocycles. The number of oxime groups is 1. The maximum absolute atomic E-state index is 4.20. The molecule has 33 valence electrons. The Bertz CT molecular complexity index is 57.8. The van der Waals surface area contributed by atoms with E-state index in [-0.39, 0.29) is 0 Å². The molecule has 3 radical (unpaired) electrons. The zero-order valence-electron chi connectivity index (χ0n) is 3.86. The molecule has 0 aromatic heterocycles. The van der Waals surface area contributed by atoms with Crippen LogP contribution in [0.5, 0.6) is 0 Å². The van der Waals surface area contributed by atoms with Crippen molar-refractivity contribution in [1.29, 1.82) is 0 Å². The van der Waals surface area contributed by atoms with Crippen molar-refractivity contribution in [2.75, 3.05) is 0 Å². The highest BCUT2D eigenvalue weighted by Gasteiger charge is 1.69. The van der Waals surface area contributed by atoms with E-state index in [1.54, 1.807) is 0 Å². The largest absolute Gasteiger partial charge is 0.454 e. The van der Waals surface area contributed by atoms with Crippen molar-refractivity contribution < 1.29 is 4.53 Å². The summed E-state index contributed by atoms with van der Waals surface area (Å²) in [5.74, 6) is 0. The molecule has 2 nitrogen and oxygen atoms in total. The lowest BCUT2D eigenvalue weighted by Crippen LogP contribution is -1.80. The molecule has 0 spiro atoms. The maximum atomic E-state index is 4.20. The second kappa shape index (κ2) is 2.90. The van der Waals surface area contributed by atoms with E-state index in [1.807, 2.05) is 13.8 Å². The number of hydrogen-bond donors (Lipinski definition) is 0. The minimum absolute atomic E-state index is 0.894. The van der Waals surface area contributed by atoms with Gasteiger partial charge in [0.05, 0.1) is 0 Å². The van der Waals surface area contributed by atoms with Crippen molar-refractivity contribution >= 4 is 16.2 Å². The summed E-state index contributed by atoms with van der Waals surface area (Å²) in [6, 6.07) is 0. The van der Waals surface area contributed by atoms with Crippen LogP contribution in [0.25, 0.3) is 0 Å². The van der Waals surface area contributed by atoms with Crippen LogP contribution in [0, 0.1) is 0 Å². The Kier molecular flexibility index (Phi) is 2.75. The second-order valence-electron chi connectivity index (χ2n) is 1.13. The van der Waals surface area contributed by atoms with Crippen LogP contribution in [-0.4, -0.2) is 16.2 Å². The highest BCUT2D eigenvalue weighted by Crippen LogP contribution is 1.70. The van der Waals surface area contributed by atoms with E-state index in [0.29, 0.717) is 0 Å². The van der Waals surface area contributed by atoms with Gasteiger partial charge in [0.2, 0.25) is 0 Å². The summed E-state index contributed by atoms with van der Waals surface area (Å²) in [5.41, 5.74) is 0.894. The number of hydrogen-bond acceptors (Lipinski definition) is 2. The van der Waals surface area contributed by atoms with Crippen LogP contribution in [0.4, 0.5) is 0 Å².